The summed E-state index contributed by atoms with van der Waals surface area (Å²) >= 11 is 1.55. The van der Waals surface area contributed by atoms with Gasteiger partial charge in [-0.25, -0.2) is 0 Å². The summed E-state index contributed by atoms with van der Waals surface area (Å²) in [7, 11) is 3.31. The van der Waals surface area contributed by atoms with Crippen molar-refractivity contribution < 1.29 is 33.7 Å². The molecular formula is C29H28O2Zr. The Bertz CT molecular complexity index is 1210. The smallest absolute Gasteiger partial charge is 0.0771 e. The van der Waals surface area contributed by atoms with Crippen LogP contribution in [0.1, 0.15) is 25.8 Å². The van der Waals surface area contributed by atoms with E-state index in [0.717, 1.165) is 29.1 Å². The zero-order valence-corrected chi connectivity index (χ0v) is 21.6. The molecule has 0 saturated carbocycles. The molecule has 0 heterocycles. The maximum atomic E-state index is 5.33. The standard InChI is InChI=1S/C13H13O2.C13H9.C3H6.Zr/c1-14-11-7-8-12(13(9-11)15-2)10-5-3-4-6-10;1-3-7-12-10(5-1)9-11-6-2-4-8-13(11)12;1-3-2;/h3,5,7-9H,4H2,1-2H3;1-9H;1-2H3;/q2*-1;;+2. The summed E-state index contributed by atoms with van der Waals surface area (Å²) in [6, 6.07) is 25.1. The molecule has 4 aromatic rings. The van der Waals surface area contributed by atoms with E-state index in [0.29, 0.717) is 0 Å². The molecule has 0 bridgehead atoms. The molecule has 0 aliphatic heterocycles. The molecule has 0 unspecified atom stereocenters. The number of fused-ring (bicyclic) bond motifs is 3. The van der Waals surface area contributed by atoms with Gasteiger partial charge in [-0.1, -0.05) is 48.4 Å². The fraction of sp³-hybridized carbons (Fsp3) is 0.172. The third-order valence-corrected chi connectivity index (χ3v) is 4.92. The zero-order valence-electron chi connectivity index (χ0n) is 19.1. The maximum Gasteiger partial charge on any atom is -0.0771 e. The number of hydrogen-bond acceptors (Lipinski definition) is 2. The van der Waals surface area contributed by atoms with E-state index in [1.807, 2.05) is 18.2 Å². The number of benzene rings is 3. The van der Waals surface area contributed by atoms with Crippen molar-refractivity contribution in [2.75, 3.05) is 14.2 Å². The molecule has 5 rings (SSSR count). The van der Waals surface area contributed by atoms with E-state index in [2.05, 4.69) is 86.7 Å². The van der Waals surface area contributed by atoms with Gasteiger partial charge in [0.1, 0.15) is 5.75 Å². The largest absolute Gasteiger partial charge is 0.126 e. The van der Waals surface area contributed by atoms with Gasteiger partial charge in [-0.3, -0.25) is 0 Å². The molecule has 0 spiro atoms. The Balaban J connectivity index is 0.000000156. The molecule has 0 fully saturated rings. The third kappa shape index (κ3) is 6.20. The van der Waals surface area contributed by atoms with Crippen LogP contribution in [0.15, 0.2) is 84.9 Å². The second-order valence-corrected chi connectivity index (χ2v) is 10.0. The van der Waals surface area contributed by atoms with Crippen LogP contribution < -0.4 is 9.47 Å². The van der Waals surface area contributed by atoms with Gasteiger partial charge in [-0.2, -0.15) is 17.7 Å². The Hall–Kier alpha value is -2.64. The summed E-state index contributed by atoms with van der Waals surface area (Å²) in [6.45, 7) is 4.25. The molecule has 160 valence electrons. The third-order valence-electron chi connectivity index (χ3n) is 4.92. The zero-order chi connectivity index (χ0) is 22.9. The molecule has 0 radical (unpaired) electrons. The van der Waals surface area contributed by atoms with Gasteiger partial charge in [-0.05, 0) is 6.07 Å². The van der Waals surface area contributed by atoms with Gasteiger partial charge in [-0.15, -0.1) is 51.9 Å². The van der Waals surface area contributed by atoms with E-state index in [1.54, 1.807) is 38.5 Å². The van der Waals surface area contributed by atoms with Crippen molar-refractivity contribution in [1.82, 2.24) is 0 Å². The van der Waals surface area contributed by atoms with Crippen LogP contribution in [0.2, 0.25) is 0 Å². The molecule has 0 amide bonds. The van der Waals surface area contributed by atoms with Crippen molar-refractivity contribution >= 4 is 30.3 Å². The van der Waals surface area contributed by atoms with Gasteiger partial charge in [0.25, 0.3) is 0 Å². The first-order valence-electron chi connectivity index (χ1n) is 10.6. The summed E-state index contributed by atoms with van der Waals surface area (Å²) < 4.78 is 12.0. The monoisotopic (exact) mass is 498 g/mol. The normalized spacial score (nSPS) is 11.9. The molecule has 0 aromatic heterocycles. The summed E-state index contributed by atoms with van der Waals surface area (Å²) in [4.78, 5) is 0. The van der Waals surface area contributed by atoms with Gasteiger partial charge in [0.2, 0.25) is 0 Å². The summed E-state index contributed by atoms with van der Waals surface area (Å²) in [5.41, 5.74) is 2.15. The van der Waals surface area contributed by atoms with Gasteiger partial charge < -0.3 is 9.47 Å². The van der Waals surface area contributed by atoms with Crippen molar-refractivity contribution in [3.8, 4) is 11.5 Å². The second kappa shape index (κ2) is 11.8. The first-order valence-corrected chi connectivity index (χ1v) is 11.8. The molecule has 32 heavy (non-hydrogen) atoms. The van der Waals surface area contributed by atoms with Crippen molar-refractivity contribution in [3.63, 3.8) is 0 Å². The average Bonchev–Trinajstić information content (AvgIpc) is 3.47. The Kier molecular flexibility index (Phi) is 8.88. The minimum atomic E-state index is 0.804. The van der Waals surface area contributed by atoms with Crippen LogP contribution >= 0.6 is 0 Å². The predicted molar refractivity (Wildman–Crippen MR) is 133 cm³/mol. The van der Waals surface area contributed by atoms with Crippen molar-refractivity contribution in [2.45, 2.75) is 20.3 Å². The minimum absolute atomic E-state index is 0.804. The summed E-state index contributed by atoms with van der Waals surface area (Å²) in [5.74, 6) is 1.63. The summed E-state index contributed by atoms with van der Waals surface area (Å²) in [5, 5.41) is 5.39. The van der Waals surface area contributed by atoms with E-state index in [-0.39, 0.29) is 0 Å². The summed E-state index contributed by atoms with van der Waals surface area (Å²) in [6.07, 6.45) is 8.29. The van der Waals surface area contributed by atoms with Gasteiger partial charge in [0.05, 0.1) is 20.0 Å². The van der Waals surface area contributed by atoms with Crippen LogP contribution in [0.5, 0.6) is 11.5 Å². The molecule has 3 heteroatoms. The van der Waals surface area contributed by atoms with Crippen molar-refractivity contribution in [3.05, 3.63) is 96.6 Å². The van der Waals surface area contributed by atoms with Gasteiger partial charge in [0.15, 0.2) is 0 Å². The van der Waals surface area contributed by atoms with Gasteiger partial charge in [0, 0.05) is 6.07 Å². The maximum absolute atomic E-state index is 5.33. The molecule has 0 atom stereocenters. The van der Waals surface area contributed by atoms with E-state index < -0.39 is 0 Å². The Morgan fingerprint density at radius 2 is 1.47 bits per heavy atom. The van der Waals surface area contributed by atoms with Crippen LogP contribution in [0, 0.1) is 6.08 Å². The minimum Gasteiger partial charge on any atom is -0.126 e. The first kappa shape index (κ1) is 24.0. The first-order chi connectivity index (χ1) is 15.5. The SMILES string of the molecule is COc1ccc(C2=[C-]CC=C2)c(OC)c1.C[C](C)=[Zr+2].c1ccc2c(c1)[cH-]c1ccccc12. The van der Waals surface area contributed by atoms with Gasteiger partial charge >= 0.3 is 41.3 Å². The average molecular weight is 500 g/mol. The quantitative estimate of drug-likeness (QED) is 0.275. The van der Waals surface area contributed by atoms with E-state index in [9.17, 15) is 0 Å². The van der Waals surface area contributed by atoms with Crippen molar-refractivity contribution in [1.29, 1.82) is 0 Å². The number of ether oxygens (including phenoxy) is 2. The number of methoxy groups -OCH3 is 2. The fourth-order valence-electron chi connectivity index (χ4n) is 3.51. The molecule has 0 N–H and O–H groups in total. The van der Waals surface area contributed by atoms with E-state index in [1.165, 1.54) is 24.8 Å². The molecular weight excluding hydrogens is 472 g/mol. The number of hydrogen-bond donors (Lipinski definition) is 0. The van der Waals surface area contributed by atoms with Crippen LogP contribution in [-0.2, 0) is 24.2 Å². The number of rotatable bonds is 3. The Morgan fingerprint density at radius 1 is 0.875 bits per heavy atom. The van der Waals surface area contributed by atoms with Crippen LogP contribution in [0.4, 0.5) is 0 Å². The Morgan fingerprint density at radius 3 is 1.97 bits per heavy atom. The molecule has 2 nitrogen and oxygen atoms in total. The fourth-order valence-corrected chi connectivity index (χ4v) is 3.51. The molecule has 0 saturated heterocycles. The second-order valence-electron chi connectivity index (χ2n) is 7.58. The van der Waals surface area contributed by atoms with E-state index >= 15 is 0 Å². The number of allylic oxidation sites excluding steroid dienone is 4. The van der Waals surface area contributed by atoms with Crippen LogP contribution in [-0.4, -0.2) is 17.4 Å². The Labute approximate surface area is 205 Å². The molecule has 1 aliphatic rings. The van der Waals surface area contributed by atoms with Crippen LogP contribution in [0.3, 0.4) is 0 Å². The molecule has 1 aliphatic carbocycles. The van der Waals surface area contributed by atoms with Crippen LogP contribution in [0.25, 0.3) is 27.1 Å². The molecule has 4 aromatic carbocycles. The topological polar surface area (TPSA) is 18.5 Å². The van der Waals surface area contributed by atoms with E-state index in [4.69, 9.17) is 9.47 Å². The predicted octanol–water partition coefficient (Wildman–Crippen LogP) is 7.31. The van der Waals surface area contributed by atoms with Crippen molar-refractivity contribution in [2.24, 2.45) is 0 Å².